The normalized spacial score (nSPS) is 15.7. The predicted molar refractivity (Wildman–Crippen MR) is 63.8 cm³/mol. The molecule has 94 valence electrons. The van der Waals surface area contributed by atoms with Crippen LogP contribution >= 0.6 is 16.6 Å². The van der Waals surface area contributed by atoms with Crippen LogP contribution in [-0.4, -0.2) is 66.6 Å². The zero-order chi connectivity index (χ0) is 11.9. The molecule has 6 nitrogen and oxygen atoms in total. The third-order valence-corrected chi connectivity index (χ3v) is 3.74. The van der Waals surface area contributed by atoms with E-state index in [1.807, 2.05) is 19.0 Å². The summed E-state index contributed by atoms with van der Waals surface area (Å²) in [5.41, 5.74) is 0. The topological polar surface area (TPSA) is 82.4 Å². The molecule has 0 heterocycles. The second-order valence-electron chi connectivity index (χ2n) is 3.43. The van der Waals surface area contributed by atoms with E-state index < -0.39 is 20.3 Å². The Morgan fingerprint density at radius 1 is 1.40 bits per heavy atom. The standard InChI is InChI=1S/C7H21NO5P2/c1-8(2)3-4-12-15(11,14)13-6-7(10)5-9/h7,9-11,15H,3-6,14H2,1-2H3. The van der Waals surface area contributed by atoms with E-state index in [1.54, 1.807) is 0 Å². The van der Waals surface area contributed by atoms with Crippen molar-refractivity contribution in [2.24, 2.45) is 0 Å². The van der Waals surface area contributed by atoms with E-state index >= 15 is 0 Å². The summed E-state index contributed by atoms with van der Waals surface area (Å²) in [5, 5.41) is 17.5. The van der Waals surface area contributed by atoms with Gasteiger partial charge in [0.1, 0.15) is 0 Å². The maximum atomic E-state index is 9.62. The number of nitrogens with zero attached hydrogens (tertiary/aromatic N) is 1. The quantitative estimate of drug-likeness (QED) is 0.497. The van der Waals surface area contributed by atoms with Crippen molar-refractivity contribution >= 4 is 16.6 Å². The van der Waals surface area contributed by atoms with Crippen LogP contribution in [-0.2, 0) is 9.05 Å². The molecule has 0 aromatic carbocycles. The second kappa shape index (κ2) is 7.82. The Hall–Kier alpha value is 0.620. The van der Waals surface area contributed by atoms with Gasteiger partial charge >= 0.3 is 92.2 Å². The van der Waals surface area contributed by atoms with Crippen molar-refractivity contribution in [2.45, 2.75) is 6.10 Å². The van der Waals surface area contributed by atoms with E-state index in [1.165, 1.54) is 0 Å². The predicted octanol–water partition coefficient (Wildman–Crippen LogP) is -0.788. The number of rotatable bonds is 8. The van der Waals surface area contributed by atoms with Gasteiger partial charge in [-0.3, -0.25) is 0 Å². The molecule has 0 aromatic rings. The summed E-state index contributed by atoms with van der Waals surface area (Å²) < 4.78 is 10.1. The second-order valence-corrected chi connectivity index (χ2v) is 7.46. The summed E-state index contributed by atoms with van der Waals surface area (Å²) in [4.78, 5) is 11.5. The Bertz CT molecular complexity index is 169. The molecule has 0 rings (SSSR count). The third kappa shape index (κ3) is 9.54. The van der Waals surface area contributed by atoms with Crippen LogP contribution in [0.2, 0.25) is 0 Å². The minimum atomic E-state index is -3.23. The minimum absolute atomic E-state index is 0.134. The molecular weight excluding hydrogens is 240 g/mol. The molecule has 8 heteroatoms. The summed E-state index contributed by atoms with van der Waals surface area (Å²) in [6.45, 7) is 0.502. The van der Waals surface area contributed by atoms with Crippen molar-refractivity contribution in [1.82, 2.24) is 4.90 Å². The van der Waals surface area contributed by atoms with E-state index in [0.29, 0.717) is 13.2 Å². The molecular formula is C7H21NO5P2. The van der Waals surface area contributed by atoms with Gasteiger partial charge in [-0.15, -0.1) is 0 Å². The molecule has 0 spiro atoms. The van der Waals surface area contributed by atoms with Crippen LogP contribution in [0.3, 0.4) is 0 Å². The first-order valence-corrected chi connectivity index (χ1v) is 8.17. The average molecular weight is 261 g/mol. The molecule has 0 fully saturated rings. The fourth-order valence-electron chi connectivity index (χ4n) is 0.684. The number of aliphatic hydroxyl groups is 2. The fourth-order valence-corrected chi connectivity index (χ4v) is 2.22. The number of hydrogen-bond donors (Lipinski definition) is 3. The first-order chi connectivity index (χ1) is 6.87. The zero-order valence-corrected chi connectivity index (χ0v) is 11.2. The fraction of sp³-hybridized carbons (Fsp3) is 1.00. The van der Waals surface area contributed by atoms with Crippen LogP contribution in [0.1, 0.15) is 0 Å². The summed E-state index contributed by atoms with van der Waals surface area (Å²) in [6, 6.07) is 0. The molecule has 0 amide bonds. The molecule has 0 radical (unpaired) electrons. The SMILES string of the molecule is CN(C)CCO[PH](O)(P)OCC(O)CO. The molecule has 15 heavy (non-hydrogen) atoms. The van der Waals surface area contributed by atoms with E-state index in [0.717, 1.165) is 0 Å². The van der Waals surface area contributed by atoms with Gasteiger partial charge in [-0.2, -0.15) is 0 Å². The van der Waals surface area contributed by atoms with Crippen molar-refractivity contribution in [1.29, 1.82) is 0 Å². The van der Waals surface area contributed by atoms with Gasteiger partial charge in [-0.05, 0) is 0 Å². The van der Waals surface area contributed by atoms with Crippen LogP contribution in [0, 0.1) is 0 Å². The Balaban J connectivity index is 3.66. The molecule has 0 saturated heterocycles. The van der Waals surface area contributed by atoms with Crippen molar-refractivity contribution in [2.75, 3.05) is 40.5 Å². The Labute approximate surface area is 92.9 Å². The van der Waals surface area contributed by atoms with Crippen LogP contribution in [0.25, 0.3) is 0 Å². The van der Waals surface area contributed by atoms with Gasteiger partial charge in [-0.1, -0.05) is 0 Å². The van der Waals surface area contributed by atoms with Crippen molar-refractivity contribution in [3.8, 4) is 0 Å². The van der Waals surface area contributed by atoms with Gasteiger partial charge < -0.3 is 0 Å². The van der Waals surface area contributed by atoms with E-state index in [-0.39, 0.29) is 6.61 Å². The molecule has 3 N–H and O–H groups in total. The Kier molecular flexibility index (Phi) is 8.15. The summed E-state index contributed by atoms with van der Waals surface area (Å²) in [7, 11) is 2.68. The van der Waals surface area contributed by atoms with E-state index in [4.69, 9.17) is 19.3 Å². The molecule has 0 aromatic heterocycles. The Morgan fingerprint density at radius 2 is 2.00 bits per heavy atom. The molecule has 0 saturated carbocycles. The van der Waals surface area contributed by atoms with Gasteiger partial charge in [0, 0.05) is 0 Å². The third-order valence-electron chi connectivity index (χ3n) is 1.54. The van der Waals surface area contributed by atoms with Crippen molar-refractivity contribution in [3.05, 3.63) is 0 Å². The van der Waals surface area contributed by atoms with Gasteiger partial charge in [0.25, 0.3) is 0 Å². The van der Waals surface area contributed by atoms with Gasteiger partial charge in [0.05, 0.1) is 0 Å². The molecule has 0 aliphatic heterocycles. The van der Waals surface area contributed by atoms with Gasteiger partial charge in [-0.25, -0.2) is 0 Å². The molecule has 2 atom stereocenters. The van der Waals surface area contributed by atoms with Crippen molar-refractivity contribution < 1.29 is 24.2 Å². The Morgan fingerprint density at radius 3 is 2.47 bits per heavy atom. The first kappa shape index (κ1) is 15.6. The van der Waals surface area contributed by atoms with Gasteiger partial charge in [0.2, 0.25) is 0 Å². The van der Waals surface area contributed by atoms with E-state index in [2.05, 4.69) is 8.93 Å². The molecule has 0 aliphatic carbocycles. The summed E-state index contributed by atoms with van der Waals surface area (Å²) >= 11 is 0. The maximum absolute atomic E-state index is 9.62. The molecule has 2 unspecified atom stereocenters. The summed E-state index contributed by atoms with van der Waals surface area (Å²) in [5.74, 6) is 0. The zero-order valence-electron chi connectivity index (χ0n) is 9.09. The first-order valence-electron chi connectivity index (χ1n) is 4.60. The monoisotopic (exact) mass is 261 g/mol. The van der Waals surface area contributed by atoms with Crippen LogP contribution in [0.5, 0.6) is 0 Å². The van der Waals surface area contributed by atoms with Crippen LogP contribution in [0.15, 0.2) is 0 Å². The van der Waals surface area contributed by atoms with Crippen LogP contribution < -0.4 is 0 Å². The van der Waals surface area contributed by atoms with Crippen molar-refractivity contribution in [3.63, 3.8) is 0 Å². The van der Waals surface area contributed by atoms with E-state index in [9.17, 15) is 4.89 Å². The average Bonchev–Trinajstić information content (AvgIpc) is 2.13. The van der Waals surface area contributed by atoms with Gasteiger partial charge in [0.15, 0.2) is 0 Å². The number of likely N-dealkylation sites (N-methyl/N-ethyl adjacent to an activating group) is 1. The number of aliphatic hydroxyl groups excluding tert-OH is 2. The summed E-state index contributed by atoms with van der Waals surface area (Å²) in [6.07, 6.45) is -0.984. The number of hydrogen-bond acceptors (Lipinski definition) is 6. The molecule has 0 aliphatic rings. The molecule has 0 bridgehead atoms. The van der Waals surface area contributed by atoms with Crippen LogP contribution in [0.4, 0.5) is 0 Å².